The molecule has 1 atom stereocenters. The van der Waals surface area contributed by atoms with Crippen molar-refractivity contribution in [3.05, 3.63) is 0 Å². The maximum atomic E-state index is 5.65. The van der Waals surface area contributed by atoms with Gasteiger partial charge in [0.05, 0.1) is 0 Å². The van der Waals surface area contributed by atoms with Crippen molar-refractivity contribution in [2.24, 2.45) is 5.73 Å². The number of nitrogens with zero attached hydrogens (tertiary/aromatic N) is 1. The van der Waals surface area contributed by atoms with Crippen molar-refractivity contribution in [3.8, 4) is 12.3 Å². The Hall–Kier alpha value is -0.520. The molecule has 2 N–H and O–H groups in total. The highest BCUT2D eigenvalue weighted by atomic mass is 15.2. The minimum atomic E-state index is 0.628. The molecule has 0 aromatic rings. The van der Waals surface area contributed by atoms with Crippen LogP contribution in [-0.4, -0.2) is 30.6 Å². The zero-order valence-electron chi connectivity index (χ0n) is 7.63. The van der Waals surface area contributed by atoms with E-state index in [-0.39, 0.29) is 0 Å². The lowest BCUT2D eigenvalue weighted by Gasteiger charge is -2.22. The molecule has 0 saturated carbocycles. The molecule has 1 rings (SSSR count). The zero-order chi connectivity index (χ0) is 8.81. The first-order valence-corrected chi connectivity index (χ1v) is 4.76. The molecular weight excluding hydrogens is 148 g/mol. The average molecular weight is 166 g/mol. The lowest BCUT2D eigenvalue weighted by molar-refractivity contribution is 0.257. The maximum Gasteiger partial charge on any atom is 0.0218 e. The van der Waals surface area contributed by atoms with Gasteiger partial charge in [-0.05, 0) is 32.4 Å². The van der Waals surface area contributed by atoms with E-state index >= 15 is 0 Å². The van der Waals surface area contributed by atoms with Gasteiger partial charge in [0.25, 0.3) is 0 Å². The molecule has 0 aliphatic carbocycles. The quantitative estimate of drug-likeness (QED) is 0.495. The van der Waals surface area contributed by atoms with Crippen molar-refractivity contribution < 1.29 is 0 Å². The number of terminal acetylenes is 1. The molecule has 0 amide bonds. The van der Waals surface area contributed by atoms with Gasteiger partial charge < -0.3 is 5.73 Å². The summed E-state index contributed by atoms with van der Waals surface area (Å²) in [4.78, 5) is 2.47. The second-order valence-electron chi connectivity index (χ2n) is 3.38. The summed E-state index contributed by atoms with van der Waals surface area (Å²) in [7, 11) is 0. The van der Waals surface area contributed by atoms with Crippen molar-refractivity contribution in [1.82, 2.24) is 4.90 Å². The molecule has 0 bridgehead atoms. The molecule has 0 spiro atoms. The molecule has 0 aromatic carbocycles. The van der Waals surface area contributed by atoms with Gasteiger partial charge in [0.2, 0.25) is 0 Å². The van der Waals surface area contributed by atoms with E-state index in [9.17, 15) is 0 Å². The van der Waals surface area contributed by atoms with Crippen LogP contribution in [0.3, 0.4) is 0 Å². The van der Waals surface area contributed by atoms with Crippen molar-refractivity contribution in [3.63, 3.8) is 0 Å². The maximum absolute atomic E-state index is 5.65. The number of unbranched alkanes of at least 4 members (excludes halogenated alkanes) is 1. The Morgan fingerprint density at radius 3 is 3.08 bits per heavy atom. The van der Waals surface area contributed by atoms with Gasteiger partial charge in [-0.3, -0.25) is 4.90 Å². The molecule has 68 valence electrons. The summed E-state index contributed by atoms with van der Waals surface area (Å²) >= 11 is 0. The largest absolute Gasteiger partial charge is 0.329 e. The molecule has 0 aromatic heterocycles. The standard InChI is InChI=1S/C10H18N2/c1-2-3-4-7-12-8-5-6-10(12)9-11/h1,10H,3-9,11H2. The monoisotopic (exact) mass is 166 g/mol. The van der Waals surface area contributed by atoms with E-state index in [0.717, 1.165) is 25.9 Å². The lowest BCUT2D eigenvalue weighted by Crippen LogP contribution is -2.35. The summed E-state index contributed by atoms with van der Waals surface area (Å²) in [6, 6.07) is 0.628. The van der Waals surface area contributed by atoms with Crippen LogP contribution < -0.4 is 5.73 Å². The average Bonchev–Trinajstić information content (AvgIpc) is 2.52. The second-order valence-corrected chi connectivity index (χ2v) is 3.38. The van der Waals surface area contributed by atoms with Gasteiger partial charge in [-0.1, -0.05) is 0 Å². The lowest BCUT2D eigenvalue weighted by atomic mass is 10.2. The minimum Gasteiger partial charge on any atom is -0.329 e. The molecule has 1 unspecified atom stereocenters. The number of likely N-dealkylation sites (tertiary alicyclic amines) is 1. The van der Waals surface area contributed by atoms with E-state index in [0.29, 0.717) is 6.04 Å². The molecule has 2 heteroatoms. The summed E-state index contributed by atoms with van der Waals surface area (Å²) in [6.45, 7) is 3.15. The van der Waals surface area contributed by atoms with Crippen LogP contribution >= 0.6 is 0 Å². The number of nitrogens with two attached hydrogens (primary N) is 1. The van der Waals surface area contributed by atoms with Gasteiger partial charge in [0.1, 0.15) is 0 Å². The van der Waals surface area contributed by atoms with Gasteiger partial charge in [-0.2, -0.15) is 0 Å². The smallest absolute Gasteiger partial charge is 0.0218 e. The zero-order valence-corrected chi connectivity index (χ0v) is 7.63. The van der Waals surface area contributed by atoms with E-state index in [4.69, 9.17) is 12.2 Å². The van der Waals surface area contributed by atoms with Crippen LogP contribution in [0.1, 0.15) is 25.7 Å². The predicted octanol–water partition coefficient (Wildman–Crippen LogP) is 0.823. The van der Waals surface area contributed by atoms with E-state index < -0.39 is 0 Å². The van der Waals surface area contributed by atoms with Crippen LogP contribution in [0.5, 0.6) is 0 Å². The Kier molecular flexibility index (Phi) is 4.13. The summed E-state index contributed by atoms with van der Waals surface area (Å²) in [5.74, 6) is 2.67. The fourth-order valence-corrected chi connectivity index (χ4v) is 1.84. The Morgan fingerprint density at radius 2 is 2.42 bits per heavy atom. The first-order chi connectivity index (χ1) is 5.88. The van der Waals surface area contributed by atoms with Crippen LogP contribution in [0.25, 0.3) is 0 Å². The van der Waals surface area contributed by atoms with Crippen LogP contribution in [0.4, 0.5) is 0 Å². The van der Waals surface area contributed by atoms with Crippen LogP contribution in [0.15, 0.2) is 0 Å². The molecule has 0 radical (unpaired) electrons. The second kappa shape index (κ2) is 5.18. The van der Waals surface area contributed by atoms with Crippen molar-refractivity contribution in [1.29, 1.82) is 0 Å². The predicted molar refractivity (Wildman–Crippen MR) is 51.7 cm³/mol. The number of rotatable bonds is 4. The third kappa shape index (κ3) is 2.51. The third-order valence-electron chi connectivity index (χ3n) is 2.54. The van der Waals surface area contributed by atoms with E-state index in [1.807, 2.05) is 0 Å². The number of hydrogen-bond donors (Lipinski definition) is 1. The summed E-state index contributed by atoms with van der Waals surface area (Å²) < 4.78 is 0. The number of hydrogen-bond acceptors (Lipinski definition) is 2. The van der Waals surface area contributed by atoms with Crippen LogP contribution in [-0.2, 0) is 0 Å². The highest BCUT2D eigenvalue weighted by Gasteiger charge is 2.21. The highest BCUT2D eigenvalue weighted by molar-refractivity contribution is 4.85. The first-order valence-electron chi connectivity index (χ1n) is 4.76. The molecule has 1 aliphatic heterocycles. The normalized spacial score (nSPS) is 24.2. The van der Waals surface area contributed by atoms with E-state index in [1.165, 1.54) is 19.4 Å². The van der Waals surface area contributed by atoms with E-state index in [1.54, 1.807) is 0 Å². The molecule has 12 heavy (non-hydrogen) atoms. The minimum absolute atomic E-state index is 0.628. The highest BCUT2D eigenvalue weighted by Crippen LogP contribution is 2.16. The fraction of sp³-hybridized carbons (Fsp3) is 0.800. The Morgan fingerprint density at radius 1 is 1.58 bits per heavy atom. The Balaban J connectivity index is 2.18. The fourth-order valence-electron chi connectivity index (χ4n) is 1.84. The van der Waals surface area contributed by atoms with E-state index in [2.05, 4.69) is 10.8 Å². The summed E-state index contributed by atoms with van der Waals surface area (Å²) in [5, 5.41) is 0. The molecule has 1 aliphatic rings. The van der Waals surface area contributed by atoms with Gasteiger partial charge in [-0.25, -0.2) is 0 Å². The molecular formula is C10H18N2. The van der Waals surface area contributed by atoms with Gasteiger partial charge >= 0.3 is 0 Å². The molecule has 2 nitrogen and oxygen atoms in total. The summed E-state index contributed by atoms with van der Waals surface area (Å²) in [5.41, 5.74) is 5.65. The Bertz CT molecular complexity index is 160. The van der Waals surface area contributed by atoms with Gasteiger partial charge in [0, 0.05) is 19.0 Å². The van der Waals surface area contributed by atoms with Crippen molar-refractivity contribution >= 4 is 0 Å². The van der Waals surface area contributed by atoms with Crippen molar-refractivity contribution in [2.45, 2.75) is 31.7 Å². The third-order valence-corrected chi connectivity index (χ3v) is 2.54. The van der Waals surface area contributed by atoms with Gasteiger partial charge in [-0.15, -0.1) is 12.3 Å². The van der Waals surface area contributed by atoms with Crippen molar-refractivity contribution in [2.75, 3.05) is 19.6 Å². The van der Waals surface area contributed by atoms with Crippen LogP contribution in [0, 0.1) is 12.3 Å². The molecule has 1 fully saturated rings. The SMILES string of the molecule is C#CCCCN1CCCC1CN. The van der Waals surface area contributed by atoms with Crippen LogP contribution in [0.2, 0.25) is 0 Å². The topological polar surface area (TPSA) is 29.3 Å². The molecule has 1 heterocycles. The Labute approximate surface area is 75.1 Å². The molecule has 1 saturated heterocycles. The summed E-state index contributed by atoms with van der Waals surface area (Å²) in [6.07, 6.45) is 9.78. The van der Waals surface area contributed by atoms with Gasteiger partial charge in [0.15, 0.2) is 0 Å². The first kappa shape index (κ1) is 9.57.